The molecule has 0 saturated carbocycles. The SMILES string of the molecule is Cc1ccc(N2CCC[C@H](O)C2)c([N+](=O)[O-])c1. The Kier molecular flexibility index (Phi) is 3.28. The van der Waals surface area contributed by atoms with Gasteiger partial charge in [0.1, 0.15) is 5.69 Å². The van der Waals surface area contributed by atoms with Crippen molar-refractivity contribution in [3.05, 3.63) is 33.9 Å². The zero-order chi connectivity index (χ0) is 12.4. The van der Waals surface area contributed by atoms with Crippen molar-refractivity contribution in [1.82, 2.24) is 0 Å². The Morgan fingerprint density at radius 1 is 1.53 bits per heavy atom. The molecule has 1 atom stereocenters. The Morgan fingerprint density at radius 3 is 2.94 bits per heavy atom. The van der Waals surface area contributed by atoms with Crippen molar-refractivity contribution in [3.63, 3.8) is 0 Å². The Hall–Kier alpha value is -1.62. The standard InChI is InChI=1S/C12H16N2O3/c1-9-4-5-11(12(7-9)14(16)17)13-6-2-3-10(15)8-13/h4-5,7,10,15H,2-3,6,8H2,1H3/t10-/m0/s1. The number of piperidine rings is 1. The number of rotatable bonds is 2. The van der Waals surface area contributed by atoms with Gasteiger partial charge in [-0.2, -0.15) is 0 Å². The van der Waals surface area contributed by atoms with Gasteiger partial charge in [0, 0.05) is 19.2 Å². The van der Waals surface area contributed by atoms with Crippen molar-refractivity contribution in [1.29, 1.82) is 0 Å². The van der Waals surface area contributed by atoms with E-state index in [0.717, 1.165) is 24.9 Å². The molecule has 92 valence electrons. The van der Waals surface area contributed by atoms with Crippen LogP contribution in [0.25, 0.3) is 0 Å². The fourth-order valence-electron chi connectivity index (χ4n) is 2.22. The summed E-state index contributed by atoms with van der Waals surface area (Å²) in [5, 5.41) is 20.6. The maximum atomic E-state index is 11.0. The largest absolute Gasteiger partial charge is 0.391 e. The minimum Gasteiger partial charge on any atom is -0.391 e. The molecule has 1 aromatic rings. The average Bonchev–Trinajstić information content (AvgIpc) is 2.28. The van der Waals surface area contributed by atoms with E-state index >= 15 is 0 Å². The van der Waals surface area contributed by atoms with Crippen LogP contribution in [-0.2, 0) is 0 Å². The first-order valence-electron chi connectivity index (χ1n) is 5.76. The molecule has 0 amide bonds. The second kappa shape index (κ2) is 4.71. The average molecular weight is 236 g/mol. The molecule has 5 nitrogen and oxygen atoms in total. The van der Waals surface area contributed by atoms with Crippen LogP contribution in [0.3, 0.4) is 0 Å². The lowest BCUT2D eigenvalue weighted by Gasteiger charge is -2.31. The number of nitro benzene ring substituents is 1. The topological polar surface area (TPSA) is 66.6 Å². The highest BCUT2D eigenvalue weighted by Crippen LogP contribution is 2.31. The molecule has 1 fully saturated rings. The Balaban J connectivity index is 2.33. The summed E-state index contributed by atoms with van der Waals surface area (Å²) in [7, 11) is 0. The lowest BCUT2D eigenvalue weighted by molar-refractivity contribution is -0.384. The number of anilines is 1. The molecule has 1 saturated heterocycles. The summed E-state index contributed by atoms with van der Waals surface area (Å²) in [4.78, 5) is 12.6. The summed E-state index contributed by atoms with van der Waals surface area (Å²) in [6, 6.07) is 5.21. The van der Waals surface area contributed by atoms with E-state index in [0.29, 0.717) is 12.2 Å². The third-order valence-corrected chi connectivity index (χ3v) is 3.06. The number of hydrogen-bond donors (Lipinski definition) is 1. The monoisotopic (exact) mass is 236 g/mol. The van der Waals surface area contributed by atoms with Crippen molar-refractivity contribution in [2.45, 2.75) is 25.9 Å². The first-order chi connectivity index (χ1) is 8.08. The molecular weight excluding hydrogens is 220 g/mol. The number of nitro groups is 1. The molecule has 2 rings (SSSR count). The van der Waals surface area contributed by atoms with Crippen LogP contribution in [0, 0.1) is 17.0 Å². The predicted molar refractivity (Wildman–Crippen MR) is 65.3 cm³/mol. The number of aliphatic hydroxyl groups excluding tert-OH is 1. The summed E-state index contributed by atoms with van der Waals surface area (Å²) in [6.45, 7) is 3.08. The second-order valence-corrected chi connectivity index (χ2v) is 4.49. The Morgan fingerprint density at radius 2 is 2.29 bits per heavy atom. The van der Waals surface area contributed by atoms with Gasteiger partial charge >= 0.3 is 0 Å². The van der Waals surface area contributed by atoms with E-state index in [1.165, 1.54) is 0 Å². The van der Waals surface area contributed by atoms with Gasteiger partial charge in [0.25, 0.3) is 5.69 Å². The highest BCUT2D eigenvalue weighted by atomic mass is 16.6. The maximum Gasteiger partial charge on any atom is 0.292 e. The molecule has 17 heavy (non-hydrogen) atoms. The summed E-state index contributed by atoms with van der Waals surface area (Å²) < 4.78 is 0. The van der Waals surface area contributed by atoms with Crippen LogP contribution in [0.15, 0.2) is 18.2 Å². The molecule has 1 aromatic carbocycles. The molecule has 1 aliphatic rings. The number of β-amino-alcohol motifs (C(OH)–C–C–N with tert-alkyl or cyclic N) is 1. The van der Waals surface area contributed by atoms with E-state index in [4.69, 9.17) is 0 Å². The van der Waals surface area contributed by atoms with Gasteiger partial charge in [-0.05, 0) is 31.4 Å². The van der Waals surface area contributed by atoms with Gasteiger partial charge in [0.15, 0.2) is 0 Å². The fourth-order valence-corrected chi connectivity index (χ4v) is 2.22. The third kappa shape index (κ3) is 2.55. The van der Waals surface area contributed by atoms with E-state index in [-0.39, 0.29) is 16.7 Å². The minimum atomic E-state index is -0.385. The van der Waals surface area contributed by atoms with Crippen molar-refractivity contribution in [2.24, 2.45) is 0 Å². The van der Waals surface area contributed by atoms with Crippen molar-refractivity contribution >= 4 is 11.4 Å². The van der Waals surface area contributed by atoms with Crippen LogP contribution in [-0.4, -0.2) is 29.2 Å². The molecule has 1 N–H and O–H groups in total. The molecule has 0 unspecified atom stereocenters. The van der Waals surface area contributed by atoms with Crippen LogP contribution >= 0.6 is 0 Å². The second-order valence-electron chi connectivity index (χ2n) is 4.49. The quantitative estimate of drug-likeness (QED) is 0.628. The highest BCUT2D eigenvalue weighted by Gasteiger charge is 2.24. The number of benzene rings is 1. The number of nitrogens with zero attached hydrogens (tertiary/aromatic N) is 2. The summed E-state index contributed by atoms with van der Waals surface area (Å²) in [5.74, 6) is 0. The fraction of sp³-hybridized carbons (Fsp3) is 0.500. The van der Waals surface area contributed by atoms with Crippen LogP contribution < -0.4 is 4.90 Å². The Labute approximate surface area is 99.8 Å². The summed E-state index contributed by atoms with van der Waals surface area (Å²) in [5.41, 5.74) is 1.61. The van der Waals surface area contributed by atoms with E-state index in [9.17, 15) is 15.2 Å². The van der Waals surface area contributed by atoms with E-state index < -0.39 is 0 Å². The van der Waals surface area contributed by atoms with E-state index in [1.54, 1.807) is 12.1 Å². The number of aryl methyl sites for hydroxylation is 1. The van der Waals surface area contributed by atoms with E-state index in [2.05, 4.69) is 0 Å². The highest BCUT2D eigenvalue weighted by molar-refractivity contribution is 5.64. The van der Waals surface area contributed by atoms with Gasteiger partial charge in [0.05, 0.1) is 11.0 Å². The van der Waals surface area contributed by atoms with Crippen LogP contribution in [0.2, 0.25) is 0 Å². The van der Waals surface area contributed by atoms with Crippen molar-refractivity contribution in [2.75, 3.05) is 18.0 Å². The van der Waals surface area contributed by atoms with Crippen molar-refractivity contribution < 1.29 is 10.0 Å². The molecule has 0 bridgehead atoms. The van der Waals surface area contributed by atoms with Gasteiger partial charge in [-0.3, -0.25) is 10.1 Å². The van der Waals surface area contributed by atoms with Crippen LogP contribution in [0.4, 0.5) is 11.4 Å². The lowest BCUT2D eigenvalue weighted by Crippen LogP contribution is -2.38. The van der Waals surface area contributed by atoms with Gasteiger partial charge in [0.2, 0.25) is 0 Å². The molecule has 0 aromatic heterocycles. The first kappa shape index (κ1) is 11.9. The zero-order valence-electron chi connectivity index (χ0n) is 9.80. The van der Waals surface area contributed by atoms with Crippen LogP contribution in [0.1, 0.15) is 18.4 Å². The first-order valence-corrected chi connectivity index (χ1v) is 5.76. The molecule has 5 heteroatoms. The number of hydrogen-bond acceptors (Lipinski definition) is 4. The van der Waals surface area contributed by atoms with Gasteiger partial charge in [-0.1, -0.05) is 6.07 Å². The normalized spacial score (nSPS) is 20.4. The molecule has 1 aliphatic heterocycles. The summed E-state index contributed by atoms with van der Waals surface area (Å²) in [6.07, 6.45) is 1.26. The smallest absolute Gasteiger partial charge is 0.292 e. The molecule has 0 radical (unpaired) electrons. The van der Waals surface area contributed by atoms with Gasteiger partial charge in [-0.25, -0.2) is 0 Å². The van der Waals surface area contributed by atoms with Gasteiger partial charge in [-0.15, -0.1) is 0 Å². The third-order valence-electron chi connectivity index (χ3n) is 3.06. The zero-order valence-corrected chi connectivity index (χ0v) is 9.80. The minimum absolute atomic E-state index is 0.124. The van der Waals surface area contributed by atoms with Gasteiger partial charge < -0.3 is 10.0 Å². The Bertz CT molecular complexity index is 434. The number of aliphatic hydroxyl groups is 1. The van der Waals surface area contributed by atoms with E-state index in [1.807, 2.05) is 17.9 Å². The molecule has 0 spiro atoms. The lowest BCUT2D eigenvalue weighted by atomic mass is 10.1. The molecule has 1 heterocycles. The molecular formula is C12H16N2O3. The summed E-state index contributed by atoms with van der Waals surface area (Å²) >= 11 is 0. The van der Waals surface area contributed by atoms with Crippen molar-refractivity contribution in [3.8, 4) is 0 Å². The van der Waals surface area contributed by atoms with Crippen LogP contribution in [0.5, 0.6) is 0 Å². The predicted octanol–water partition coefficient (Wildman–Crippen LogP) is 1.86. The maximum absolute atomic E-state index is 11.0. The molecule has 0 aliphatic carbocycles.